The van der Waals surface area contributed by atoms with Gasteiger partial charge in [-0.15, -0.1) is 0 Å². The lowest BCUT2D eigenvalue weighted by Gasteiger charge is -2.43. The van der Waals surface area contributed by atoms with Crippen LogP contribution in [0.4, 0.5) is 4.79 Å². The van der Waals surface area contributed by atoms with Crippen molar-refractivity contribution in [2.45, 2.75) is 12.5 Å². The van der Waals surface area contributed by atoms with Crippen molar-refractivity contribution in [1.29, 1.82) is 0 Å². The quantitative estimate of drug-likeness (QED) is 0.613. The molecular formula is C24H20N2O3. The van der Waals surface area contributed by atoms with Crippen LogP contribution in [0.2, 0.25) is 0 Å². The molecule has 1 aliphatic rings. The molecule has 3 aromatic rings. The van der Waals surface area contributed by atoms with Crippen molar-refractivity contribution in [3.63, 3.8) is 0 Å². The van der Waals surface area contributed by atoms with E-state index in [9.17, 15) is 9.59 Å². The van der Waals surface area contributed by atoms with Gasteiger partial charge in [0.05, 0.1) is 12.0 Å². The second-order valence-electron chi connectivity index (χ2n) is 6.82. The van der Waals surface area contributed by atoms with E-state index in [-0.39, 0.29) is 17.9 Å². The predicted octanol–water partition coefficient (Wildman–Crippen LogP) is 4.36. The lowest BCUT2D eigenvalue weighted by molar-refractivity contribution is -0.148. The molecule has 1 fully saturated rings. The first-order valence-corrected chi connectivity index (χ1v) is 9.44. The number of hydrogen-bond acceptors (Lipinski definition) is 4. The molecule has 5 heteroatoms. The Balaban J connectivity index is 1.55. The Morgan fingerprint density at radius 2 is 1.72 bits per heavy atom. The van der Waals surface area contributed by atoms with Gasteiger partial charge in [-0.25, -0.2) is 9.69 Å². The lowest BCUT2D eigenvalue weighted by Crippen LogP contribution is -2.63. The summed E-state index contributed by atoms with van der Waals surface area (Å²) in [5, 5.41) is 0. The average molecular weight is 384 g/mol. The number of rotatable bonds is 5. The van der Waals surface area contributed by atoms with Gasteiger partial charge in [0.2, 0.25) is 5.91 Å². The van der Waals surface area contributed by atoms with Gasteiger partial charge in [0, 0.05) is 12.4 Å². The molecule has 2 atom stereocenters. The minimum absolute atomic E-state index is 0.226. The van der Waals surface area contributed by atoms with Crippen molar-refractivity contribution in [3.05, 3.63) is 102 Å². The monoisotopic (exact) mass is 384 g/mol. The number of likely N-dealkylation sites (tertiary alicyclic amines) is 1. The molecule has 2 amide bonds. The smallest absolute Gasteiger partial charge is 0.410 e. The fraction of sp³-hybridized carbons (Fsp3) is 0.125. The summed E-state index contributed by atoms with van der Waals surface area (Å²) in [5.41, 5.74) is 1.96. The second kappa shape index (κ2) is 8.52. The van der Waals surface area contributed by atoms with E-state index in [1.807, 2.05) is 60.7 Å². The zero-order chi connectivity index (χ0) is 20.1. The Bertz CT molecular complexity index is 1000. The SMILES string of the molecule is O=C(Oc1ccccc1)N1C(=O)C(Cc2ccccc2)C1C=Cc1cccnc1. The van der Waals surface area contributed by atoms with Gasteiger partial charge in [0.25, 0.3) is 0 Å². The normalized spacial score (nSPS) is 18.5. The van der Waals surface area contributed by atoms with Crippen LogP contribution in [0.3, 0.4) is 0 Å². The molecule has 1 aromatic heterocycles. The van der Waals surface area contributed by atoms with Crippen LogP contribution < -0.4 is 4.74 Å². The Morgan fingerprint density at radius 1 is 1.00 bits per heavy atom. The maximum atomic E-state index is 12.8. The summed E-state index contributed by atoms with van der Waals surface area (Å²) in [6.45, 7) is 0. The maximum absolute atomic E-state index is 12.8. The first-order valence-electron chi connectivity index (χ1n) is 9.44. The van der Waals surface area contributed by atoms with Crippen molar-refractivity contribution in [1.82, 2.24) is 9.88 Å². The van der Waals surface area contributed by atoms with Gasteiger partial charge in [-0.1, -0.05) is 66.7 Å². The van der Waals surface area contributed by atoms with Crippen LogP contribution in [0.15, 0.2) is 91.3 Å². The topological polar surface area (TPSA) is 59.5 Å². The van der Waals surface area contributed by atoms with Gasteiger partial charge in [0.1, 0.15) is 5.75 Å². The number of ether oxygens (including phenoxy) is 1. The van der Waals surface area contributed by atoms with Gasteiger partial charge in [-0.2, -0.15) is 0 Å². The van der Waals surface area contributed by atoms with Gasteiger partial charge in [-0.05, 0) is 35.7 Å². The third-order valence-electron chi connectivity index (χ3n) is 4.88. The summed E-state index contributed by atoms with van der Waals surface area (Å²) in [5.74, 6) is -0.129. The molecule has 1 aliphatic heterocycles. The number of amides is 2. The van der Waals surface area contributed by atoms with Crippen LogP contribution in [-0.2, 0) is 11.2 Å². The predicted molar refractivity (Wildman–Crippen MR) is 110 cm³/mol. The molecule has 0 aliphatic carbocycles. The highest BCUT2D eigenvalue weighted by molar-refractivity contribution is 6.01. The van der Waals surface area contributed by atoms with E-state index in [4.69, 9.17) is 4.74 Å². The molecular weight excluding hydrogens is 364 g/mol. The summed E-state index contributed by atoms with van der Waals surface area (Å²) < 4.78 is 5.39. The zero-order valence-corrected chi connectivity index (χ0v) is 15.7. The van der Waals surface area contributed by atoms with Crippen molar-refractivity contribution in [3.8, 4) is 5.75 Å². The first-order chi connectivity index (χ1) is 14.2. The fourth-order valence-corrected chi connectivity index (χ4v) is 3.40. The van der Waals surface area contributed by atoms with Crippen LogP contribution in [0.25, 0.3) is 6.08 Å². The highest BCUT2D eigenvalue weighted by atomic mass is 16.6. The molecule has 29 heavy (non-hydrogen) atoms. The van der Waals surface area contributed by atoms with Crippen LogP contribution in [-0.4, -0.2) is 27.9 Å². The van der Waals surface area contributed by atoms with E-state index in [0.717, 1.165) is 11.1 Å². The molecule has 144 valence electrons. The number of imide groups is 1. The number of nitrogens with zero attached hydrogens (tertiary/aromatic N) is 2. The summed E-state index contributed by atoms with van der Waals surface area (Å²) >= 11 is 0. The molecule has 4 rings (SSSR count). The van der Waals surface area contributed by atoms with Gasteiger partial charge in [0.15, 0.2) is 0 Å². The molecule has 0 saturated carbocycles. The maximum Gasteiger partial charge on any atom is 0.422 e. The number of aromatic nitrogens is 1. The number of hydrogen-bond donors (Lipinski definition) is 0. The van der Waals surface area contributed by atoms with Crippen LogP contribution in [0.1, 0.15) is 11.1 Å². The second-order valence-corrected chi connectivity index (χ2v) is 6.82. The molecule has 0 bridgehead atoms. The average Bonchev–Trinajstić information content (AvgIpc) is 2.76. The largest absolute Gasteiger partial charge is 0.422 e. The molecule has 0 N–H and O–H groups in total. The Morgan fingerprint density at radius 3 is 2.41 bits per heavy atom. The molecule has 5 nitrogen and oxygen atoms in total. The minimum atomic E-state index is -0.661. The molecule has 2 aromatic carbocycles. The van der Waals surface area contributed by atoms with E-state index in [1.165, 1.54) is 4.90 Å². The summed E-state index contributed by atoms with van der Waals surface area (Å²) in [7, 11) is 0. The molecule has 2 heterocycles. The standard InChI is InChI=1S/C24H20N2O3/c27-23-21(16-18-8-3-1-4-9-18)22(14-13-19-10-7-15-25-17-19)26(23)24(28)29-20-11-5-2-6-12-20/h1-15,17,21-22H,16H2. The third kappa shape index (κ3) is 4.24. The third-order valence-corrected chi connectivity index (χ3v) is 4.88. The number of carbonyl (C=O) groups is 2. The number of β-lactam (4-membered cyclic amide) rings is 1. The summed E-state index contributed by atoms with van der Waals surface area (Å²) in [6, 6.07) is 21.9. The molecule has 2 unspecified atom stereocenters. The van der Waals surface area contributed by atoms with E-state index >= 15 is 0 Å². The molecule has 0 spiro atoms. The molecule has 1 saturated heterocycles. The summed E-state index contributed by atoms with van der Waals surface area (Å²) in [4.78, 5) is 30.7. The van der Waals surface area contributed by atoms with Crippen molar-refractivity contribution in [2.24, 2.45) is 5.92 Å². The van der Waals surface area contributed by atoms with Crippen LogP contribution in [0, 0.1) is 5.92 Å². The number of para-hydroxylation sites is 1. The summed E-state index contributed by atoms with van der Waals surface area (Å²) in [6.07, 6.45) is 7.09. The molecule has 0 radical (unpaired) electrons. The minimum Gasteiger partial charge on any atom is -0.410 e. The van der Waals surface area contributed by atoms with E-state index in [1.54, 1.807) is 36.7 Å². The van der Waals surface area contributed by atoms with Gasteiger partial charge < -0.3 is 4.74 Å². The van der Waals surface area contributed by atoms with Gasteiger partial charge >= 0.3 is 6.09 Å². The van der Waals surface area contributed by atoms with Crippen molar-refractivity contribution >= 4 is 18.1 Å². The van der Waals surface area contributed by atoms with Gasteiger partial charge in [-0.3, -0.25) is 9.78 Å². The Kier molecular flexibility index (Phi) is 5.47. The van der Waals surface area contributed by atoms with Crippen LogP contribution >= 0.6 is 0 Å². The first kappa shape index (κ1) is 18.6. The van der Waals surface area contributed by atoms with Crippen molar-refractivity contribution in [2.75, 3.05) is 0 Å². The number of pyridine rings is 1. The van der Waals surface area contributed by atoms with E-state index in [0.29, 0.717) is 12.2 Å². The van der Waals surface area contributed by atoms with E-state index < -0.39 is 6.09 Å². The lowest BCUT2D eigenvalue weighted by atomic mass is 9.82. The highest BCUT2D eigenvalue weighted by Crippen LogP contribution is 2.32. The zero-order valence-electron chi connectivity index (χ0n) is 15.7. The Hall–Kier alpha value is -3.73. The van der Waals surface area contributed by atoms with Crippen LogP contribution in [0.5, 0.6) is 5.75 Å². The highest BCUT2D eigenvalue weighted by Gasteiger charge is 2.50. The number of carbonyl (C=O) groups excluding carboxylic acids is 2. The van der Waals surface area contributed by atoms with Crippen molar-refractivity contribution < 1.29 is 14.3 Å². The Labute approximate surface area is 169 Å². The fourth-order valence-electron chi connectivity index (χ4n) is 3.40. The van der Waals surface area contributed by atoms with E-state index in [2.05, 4.69) is 4.98 Å². The number of benzene rings is 2.